The minimum absolute atomic E-state index is 0.00275. The molecular weight excluding hydrogens is 1190 g/mol. The molecule has 3 fully saturated rings. The first-order chi connectivity index (χ1) is 43.1. The van der Waals surface area contributed by atoms with Gasteiger partial charge in [-0.3, -0.25) is 33.6 Å². The molecule has 0 spiro atoms. The number of ether oxygens (including phenoxy) is 2. The molecule has 1 unspecified atom stereocenters. The van der Waals surface area contributed by atoms with Gasteiger partial charge in [0.15, 0.2) is 11.5 Å². The monoisotopic (exact) mass is 1270 g/mol. The van der Waals surface area contributed by atoms with Crippen LogP contribution in [0.15, 0.2) is 91.0 Å². The van der Waals surface area contributed by atoms with Gasteiger partial charge in [-0.15, -0.1) is 10.2 Å². The van der Waals surface area contributed by atoms with Crippen LogP contribution in [-0.4, -0.2) is 216 Å². The first kappa shape index (κ1) is 67.9. The topological polar surface area (TPSA) is 424 Å². The highest BCUT2D eigenvalue weighted by Crippen LogP contribution is 2.33. The van der Waals surface area contributed by atoms with Crippen molar-refractivity contribution in [3.8, 4) is 43.8 Å². The fourth-order valence-corrected chi connectivity index (χ4v) is 11.8. The van der Waals surface area contributed by atoms with Gasteiger partial charge in [-0.2, -0.15) is 0 Å². The number of amides is 7. The molecule has 4 heterocycles. The first-order valence-corrected chi connectivity index (χ1v) is 30.7. The number of hydrogen-bond donors (Lipinski definition) is 14. The van der Waals surface area contributed by atoms with Gasteiger partial charge in [0.1, 0.15) is 46.3 Å². The molecule has 0 aliphatic carbocycles. The van der Waals surface area contributed by atoms with Crippen LogP contribution >= 0.6 is 11.3 Å². The Morgan fingerprint density at radius 1 is 0.711 bits per heavy atom. The van der Waals surface area contributed by atoms with E-state index in [1.807, 2.05) is 55.5 Å². The molecule has 1 aromatic heterocycles. The minimum atomic E-state index is -2.04. The Hall–Kier alpha value is -8.03. The zero-order chi connectivity index (χ0) is 64.9. The summed E-state index contributed by atoms with van der Waals surface area (Å²) in [6.07, 6.45) is -11.4. The van der Waals surface area contributed by atoms with Crippen LogP contribution in [0.5, 0.6) is 11.5 Å². The summed E-state index contributed by atoms with van der Waals surface area (Å²) in [5, 5.41) is 101. The molecule has 0 radical (unpaired) electrons. The molecule has 3 aliphatic rings. The number of aromatic nitrogens is 2. The van der Waals surface area contributed by atoms with E-state index < -0.39 is 152 Å². The van der Waals surface area contributed by atoms with Gasteiger partial charge in [0, 0.05) is 68.1 Å². The standard InChI is InChI=1S/C62H79N11O16S/c1-4-88-31-34-6-9-36(10-7-34)37-11-15-39(16-12-37)59-70-71-60(90-59)40-17-13-38(14-18-40)54(81)66-43-26-41(75)28-65-58(85)52-53(80)32(2)29-73(52)62(87)51(46(78)20-22-64)69-57(84)50(47(79)24-35-8-19-45(77)48(25-35)89-23-5-21-63)68-56(83)44-27-42(76)30-72(44)61(86)49(33(3)74)67-55(43)82/h6-19,25,32-33,41-44,46-47,49-53,74-80H,4-5,20-24,26-31,63-64H2,1-3H3,(H,65,85)(H,66,81)(H,67,82)(H,68,83)(H,69,84)/t32-,33+,41+,42+,43?,44-,46+,47+,49-,50-,51-,52-,53-/m0/s1. The summed E-state index contributed by atoms with van der Waals surface area (Å²) in [6.45, 7) is 4.49. The molecule has 16 N–H and O–H groups in total. The van der Waals surface area contributed by atoms with Crippen molar-refractivity contribution in [3.05, 3.63) is 108 Å². The quantitative estimate of drug-likeness (QED) is 0.0432. The predicted octanol–water partition coefficient (Wildman–Crippen LogP) is -1.19. The van der Waals surface area contributed by atoms with Gasteiger partial charge < -0.3 is 93.1 Å². The molecule has 8 rings (SSSR count). The third kappa shape index (κ3) is 16.7. The number of phenolic OH excluding ortho intramolecular Hbond substituents is 1. The van der Waals surface area contributed by atoms with Crippen molar-refractivity contribution in [1.29, 1.82) is 0 Å². The molecule has 0 saturated carbocycles. The second kappa shape index (κ2) is 31.1. The van der Waals surface area contributed by atoms with Crippen LogP contribution < -0.4 is 42.8 Å². The number of aromatic hydroxyl groups is 1. The molecule has 13 atom stereocenters. The van der Waals surface area contributed by atoms with E-state index in [-0.39, 0.29) is 55.3 Å². The summed E-state index contributed by atoms with van der Waals surface area (Å²) >= 11 is 1.32. The molecule has 484 valence electrons. The minimum Gasteiger partial charge on any atom is -0.504 e. The molecule has 3 aliphatic heterocycles. The fraction of sp³-hybridized carbons (Fsp3) is 0.468. The van der Waals surface area contributed by atoms with Crippen LogP contribution in [0.2, 0.25) is 0 Å². The number of nitrogens with two attached hydrogens (primary N) is 2. The fourth-order valence-electron chi connectivity index (χ4n) is 11.0. The lowest BCUT2D eigenvalue weighted by molar-refractivity contribution is -0.147. The van der Waals surface area contributed by atoms with Crippen LogP contribution in [0.1, 0.15) is 67.9 Å². The number of benzene rings is 4. The van der Waals surface area contributed by atoms with E-state index in [1.54, 1.807) is 12.1 Å². The van der Waals surface area contributed by atoms with E-state index >= 15 is 0 Å². The van der Waals surface area contributed by atoms with E-state index in [2.05, 4.69) is 36.8 Å². The van der Waals surface area contributed by atoms with Crippen LogP contribution in [0.4, 0.5) is 0 Å². The Bertz CT molecular complexity index is 3300. The highest BCUT2D eigenvalue weighted by molar-refractivity contribution is 7.17. The molecule has 7 amide bonds. The van der Waals surface area contributed by atoms with E-state index in [1.165, 1.54) is 48.6 Å². The van der Waals surface area contributed by atoms with Crippen LogP contribution in [0.3, 0.4) is 0 Å². The number of nitrogens with one attached hydrogen (secondary N) is 5. The molecular formula is C62H79N11O16S. The number of carbonyl (C=O) groups is 7. The summed E-state index contributed by atoms with van der Waals surface area (Å²) in [7, 11) is 0. The maximum absolute atomic E-state index is 14.7. The number of phenols is 1. The van der Waals surface area contributed by atoms with E-state index in [9.17, 15) is 69.3 Å². The van der Waals surface area contributed by atoms with Crippen molar-refractivity contribution < 1.29 is 78.8 Å². The van der Waals surface area contributed by atoms with Gasteiger partial charge in [0.25, 0.3) is 5.91 Å². The number of hydrogen-bond acceptors (Lipinski definition) is 21. The summed E-state index contributed by atoms with van der Waals surface area (Å²) in [6, 6.07) is 15.2. The van der Waals surface area contributed by atoms with Crippen molar-refractivity contribution in [1.82, 2.24) is 46.6 Å². The Morgan fingerprint density at radius 2 is 1.31 bits per heavy atom. The third-order valence-electron chi connectivity index (χ3n) is 16.0. The van der Waals surface area contributed by atoms with Gasteiger partial charge in [-0.25, -0.2) is 0 Å². The van der Waals surface area contributed by atoms with Crippen molar-refractivity contribution in [2.75, 3.05) is 45.9 Å². The molecule has 3 saturated heterocycles. The molecule has 0 bridgehead atoms. The van der Waals surface area contributed by atoms with Crippen LogP contribution in [-0.2, 0) is 46.5 Å². The van der Waals surface area contributed by atoms with Crippen molar-refractivity contribution in [3.63, 3.8) is 0 Å². The van der Waals surface area contributed by atoms with Crippen LogP contribution in [0, 0.1) is 5.92 Å². The lowest BCUT2D eigenvalue weighted by Gasteiger charge is -2.34. The summed E-state index contributed by atoms with van der Waals surface area (Å²) in [5.41, 5.74) is 16.3. The number of rotatable bonds is 19. The van der Waals surface area contributed by atoms with Crippen molar-refractivity contribution in [2.45, 2.75) is 132 Å². The summed E-state index contributed by atoms with van der Waals surface area (Å²) in [5.74, 6) is -8.60. The highest BCUT2D eigenvalue weighted by Gasteiger charge is 2.50. The Labute approximate surface area is 523 Å². The second-order valence-electron chi connectivity index (χ2n) is 22.8. The zero-order valence-corrected chi connectivity index (χ0v) is 50.8. The zero-order valence-electron chi connectivity index (χ0n) is 50.0. The molecule has 27 nitrogen and oxygen atoms in total. The average molecular weight is 1270 g/mol. The predicted molar refractivity (Wildman–Crippen MR) is 327 cm³/mol. The van der Waals surface area contributed by atoms with Gasteiger partial charge in [0.2, 0.25) is 35.4 Å². The number of fused-ring (bicyclic) bond motifs is 2. The van der Waals surface area contributed by atoms with Gasteiger partial charge >= 0.3 is 0 Å². The van der Waals surface area contributed by atoms with Crippen molar-refractivity contribution >= 4 is 52.7 Å². The lowest BCUT2D eigenvalue weighted by Crippen LogP contribution is -2.64. The van der Waals surface area contributed by atoms with Gasteiger partial charge in [0.05, 0.1) is 49.8 Å². The maximum atomic E-state index is 14.7. The van der Waals surface area contributed by atoms with Crippen LogP contribution in [0.25, 0.3) is 32.3 Å². The maximum Gasteiger partial charge on any atom is 0.251 e. The Kier molecular flexibility index (Phi) is 23.5. The first-order valence-electron chi connectivity index (χ1n) is 29.8. The molecule has 4 aromatic carbocycles. The Morgan fingerprint density at radius 3 is 1.94 bits per heavy atom. The molecule has 90 heavy (non-hydrogen) atoms. The smallest absolute Gasteiger partial charge is 0.251 e. The Balaban J connectivity index is 1.06. The second-order valence-corrected chi connectivity index (χ2v) is 23.7. The van der Waals surface area contributed by atoms with E-state index in [4.69, 9.17) is 20.9 Å². The number of aliphatic hydroxyl groups is 6. The van der Waals surface area contributed by atoms with Gasteiger partial charge in [-0.1, -0.05) is 85.0 Å². The molecule has 28 heteroatoms. The average Bonchev–Trinajstić information content (AvgIpc) is 2.02. The highest BCUT2D eigenvalue weighted by atomic mass is 32.1. The number of carbonyl (C=O) groups excluding carboxylic acids is 7. The number of aliphatic hydroxyl groups excluding tert-OH is 6. The van der Waals surface area contributed by atoms with Crippen molar-refractivity contribution in [2.24, 2.45) is 17.4 Å². The largest absolute Gasteiger partial charge is 0.504 e. The van der Waals surface area contributed by atoms with E-state index in [0.29, 0.717) is 35.2 Å². The normalized spacial score (nSPS) is 25.0. The number of nitrogens with zero attached hydrogens (tertiary/aromatic N) is 4. The summed E-state index contributed by atoms with van der Waals surface area (Å²) in [4.78, 5) is 103. The third-order valence-corrected chi connectivity index (χ3v) is 17.0. The SMILES string of the molecule is CCOCc1ccc(-c2ccc(-c3nnc(-c4ccc(C(=O)NC5C[C@@H](O)CNC(=O)[C@@H]6[C@@H](O)[C@@H](C)CN6C(=O)[C@H]([C@H](O)CCN)NC(=O)[C@H]([C@H](O)Cc6ccc(O)c(OCCCN)c6)NC(=O)[C@@H]6C[C@@H](O)CN6C(=O)[C@H]([C@@H](C)O)NC5=O)cc4)s3)cc2)cc1. The number of β-amino-alcohol motifs (C(OH)–C–C–N with tert-alkyl or cyclic N) is 1. The lowest BCUT2D eigenvalue weighted by atomic mass is 9.98. The molecule has 5 aromatic rings. The van der Waals surface area contributed by atoms with Gasteiger partial charge in [-0.05, 0) is 86.3 Å². The summed E-state index contributed by atoms with van der Waals surface area (Å²) < 4.78 is 11.2. The van der Waals surface area contributed by atoms with E-state index in [0.717, 1.165) is 39.0 Å².